The molecule has 1 aromatic heterocycles. The molecule has 26 heavy (non-hydrogen) atoms. The Kier molecular flexibility index (Phi) is 6.28. The lowest BCUT2D eigenvalue weighted by atomic mass is 10.2. The largest absolute Gasteiger partial charge is 0.486 e. The number of hydrogen-bond acceptors (Lipinski definition) is 6. The summed E-state index contributed by atoms with van der Waals surface area (Å²) in [4.78, 5) is 28.5. The molecular weight excluding hydrogens is 334 g/mol. The minimum atomic E-state index is -0.728. The lowest BCUT2D eigenvalue weighted by Crippen LogP contribution is -2.27. The first kappa shape index (κ1) is 18.9. The second kappa shape index (κ2) is 8.62. The van der Waals surface area contributed by atoms with Crippen LogP contribution in [0.25, 0.3) is 5.69 Å². The van der Waals surface area contributed by atoms with Crippen molar-refractivity contribution in [2.45, 2.75) is 20.8 Å². The molecule has 0 saturated carbocycles. The van der Waals surface area contributed by atoms with E-state index >= 15 is 0 Å². The summed E-state index contributed by atoms with van der Waals surface area (Å²) in [5.41, 5.74) is 1.06. The summed E-state index contributed by atoms with van der Waals surface area (Å²) < 4.78 is 11.8. The van der Waals surface area contributed by atoms with Gasteiger partial charge in [0, 0.05) is 6.20 Å². The summed E-state index contributed by atoms with van der Waals surface area (Å²) in [5, 5.41) is 9.15. The van der Waals surface area contributed by atoms with E-state index in [-0.39, 0.29) is 18.8 Å². The van der Waals surface area contributed by atoms with Gasteiger partial charge in [-0.15, -0.1) is 0 Å². The van der Waals surface area contributed by atoms with Gasteiger partial charge in [-0.25, -0.2) is 9.78 Å². The van der Waals surface area contributed by atoms with E-state index in [1.807, 2.05) is 13.8 Å². The number of nitriles is 1. The Morgan fingerprint density at radius 3 is 2.69 bits per heavy atom. The number of nitrogens with zero attached hydrogens (tertiary/aromatic N) is 3. The zero-order valence-corrected chi connectivity index (χ0v) is 14.9. The number of ether oxygens (including phenoxy) is 2. The Morgan fingerprint density at radius 1 is 1.31 bits per heavy atom. The van der Waals surface area contributed by atoms with Crippen molar-refractivity contribution in [1.82, 2.24) is 9.55 Å². The molecule has 0 N–H and O–H groups in total. The van der Waals surface area contributed by atoms with Crippen LogP contribution in [-0.2, 0) is 4.74 Å². The summed E-state index contributed by atoms with van der Waals surface area (Å²) in [6.45, 7) is 5.55. The molecule has 0 bridgehead atoms. The number of aromatic nitrogens is 2. The predicted octanol–water partition coefficient (Wildman–Crippen LogP) is 2.65. The van der Waals surface area contributed by atoms with Crippen molar-refractivity contribution in [3.8, 4) is 17.5 Å². The molecule has 7 heteroatoms. The molecule has 0 atom stereocenters. The highest BCUT2D eigenvalue weighted by atomic mass is 16.5. The summed E-state index contributed by atoms with van der Waals surface area (Å²) >= 11 is 0. The van der Waals surface area contributed by atoms with Crippen molar-refractivity contribution in [1.29, 1.82) is 5.26 Å². The van der Waals surface area contributed by atoms with Crippen molar-refractivity contribution in [2.75, 3.05) is 13.2 Å². The number of esters is 1. The molecule has 0 radical (unpaired) electrons. The standard InChI is InChI=1S/C19H19N3O4/c1-4-25-19(24)15-10-21-12-22(18(15)23)16-7-5-6-8-17(16)26-11-14(9-20)13(2)3/h5-8,10,12H,4,11H2,1-3H3. The fourth-order valence-electron chi connectivity index (χ4n) is 2.15. The topological polar surface area (TPSA) is 94.2 Å². The van der Waals surface area contributed by atoms with Gasteiger partial charge in [-0.2, -0.15) is 5.26 Å². The van der Waals surface area contributed by atoms with Gasteiger partial charge in [-0.05, 0) is 32.9 Å². The van der Waals surface area contributed by atoms with Gasteiger partial charge < -0.3 is 9.47 Å². The fourth-order valence-corrected chi connectivity index (χ4v) is 2.15. The first-order valence-electron chi connectivity index (χ1n) is 8.02. The highest BCUT2D eigenvalue weighted by Crippen LogP contribution is 2.22. The molecule has 0 saturated heterocycles. The van der Waals surface area contributed by atoms with Gasteiger partial charge >= 0.3 is 5.97 Å². The summed E-state index contributed by atoms with van der Waals surface area (Å²) in [7, 11) is 0. The van der Waals surface area contributed by atoms with Crippen LogP contribution >= 0.6 is 0 Å². The molecule has 0 spiro atoms. The van der Waals surface area contributed by atoms with Gasteiger partial charge in [-0.1, -0.05) is 17.7 Å². The third-order valence-corrected chi connectivity index (χ3v) is 3.57. The first-order chi connectivity index (χ1) is 12.5. The average Bonchev–Trinajstić information content (AvgIpc) is 2.63. The fraction of sp³-hybridized carbons (Fsp3) is 0.263. The summed E-state index contributed by atoms with van der Waals surface area (Å²) in [5.74, 6) is -0.333. The average molecular weight is 353 g/mol. The van der Waals surface area contributed by atoms with Crippen molar-refractivity contribution in [2.24, 2.45) is 0 Å². The van der Waals surface area contributed by atoms with Gasteiger partial charge in [0.1, 0.15) is 24.2 Å². The minimum Gasteiger partial charge on any atom is -0.486 e. The van der Waals surface area contributed by atoms with Crippen LogP contribution in [0.3, 0.4) is 0 Å². The maximum absolute atomic E-state index is 12.6. The van der Waals surface area contributed by atoms with Crippen LogP contribution in [0.4, 0.5) is 0 Å². The number of allylic oxidation sites excluding steroid dienone is 1. The van der Waals surface area contributed by atoms with E-state index in [1.165, 1.54) is 17.1 Å². The number of para-hydroxylation sites is 2. The number of rotatable bonds is 6. The van der Waals surface area contributed by atoms with Gasteiger partial charge in [0.15, 0.2) is 0 Å². The number of carbonyl (C=O) groups excluding carboxylic acids is 1. The van der Waals surface area contributed by atoms with E-state index < -0.39 is 11.5 Å². The smallest absolute Gasteiger partial charge is 0.345 e. The van der Waals surface area contributed by atoms with Crippen molar-refractivity contribution in [3.05, 3.63) is 63.9 Å². The van der Waals surface area contributed by atoms with Crippen LogP contribution in [0, 0.1) is 11.3 Å². The van der Waals surface area contributed by atoms with Gasteiger partial charge in [0.05, 0.1) is 23.9 Å². The van der Waals surface area contributed by atoms with Crippen LogP contribution in [0.5, 0.6) is 5.75 Å². The van der Waals surface area contributed by atoms with E-state index in [0.29, 0.717) is 17.0 Å². The molecule has 0 amide bonds. The SMILES string of the molecule is CCOC(=O)c1cncn(-c2ccccc2OCC(C#N)=C(C)C)c1=O. The van der Waals surface area contributed by atoms with E-state index in [9.17, 15) is 9.59 Å². The van der Waals surface area contributed by atoms with Crippen LogP contribution < -0.4 is 10.3 Å². The third kappa shape index (κ3) is 4.16. The van der Waals surface area contributed by atoms with Crippen LogP contribution in [-0.4, -0.2) is 28.7 Å². The lowest BCUT2D eigenvalue weighted by Gasteiger charge is -2.13. The Bertz CT molecular complexity index is 934. The molecule has 0 aliphatic carbocycles. The number of benzene rings is 1. The Labute approximate surface area is 151 Å². The van der Waals surface area contributed by atoms with E-state index in [4.69, 9.17) is 14.7 Å². The Hall–Kier alpha value is -3.40. The number of carbonyl (C=O) groups is 1. The van der Waals surface area contributed by atoms with E-state index in [2.05, 4.69) is 11.1 Å². The zero-order valence-electron chi connectivity index (χ0n) is 14.9. The third-order valence-electron chi connectivity index (χ3n) is 3.57. The molecule has 1 aromatic carbocycles. The van der Waals surface area contributed by atoms with E-state index in [1.54, 1.807) is 31.2 Å². The zero-order chi connectivity index (χ0) is 19.1. The quantitative estimate of drug-likeness (QED) is 0.585. The lowest BCUT2D eigenvalue weighted by molar-refractivity contribution is 0.0523. The first-order valence-corrected chi connectivity index (χ1v) is 8.02. The normalized spacial score (nSPS) is 9.92. The molecule has 0 unspecified atom stereocenters. The molecule has 0 aliphatic rings. The predicted molar refractivity (Wildman–Crippen MR) is 95.3 cm³/mol. The molecule has 2 rings (SSSR count). The second-order valence-corrected chi connectivity index (χ2v) is 5.55. The molecule has 1 heterocycles. The maximum Gasteiger partial charge on any atom is 0.345 e. The highest BCUT2D eigenvalue weighted by molar-refractivity contribution is 5.88. The van der Waals surface area contributed by atoms with Gasteiger partial charge in [0.25, 0.3) is 5.56 Å². The minimum absolute atomic E-state index is 0.0790. The molecule has 7 nitrogen and oxygen atoms in total. The summed E-state index contributed by atoms with van der Waals surface area (Å²) in [6.07, 6.45) is 2.48. The van der Waals surface area contributed by atoms with Crippen molar-refractivity contribution < 1.29 is 14.3 Å². The maximum atomic E-state index is 12.6. The molecule has 134 valence electrons. The molecule has 0 aliphatic heterocycles. The van der Waals surface area contributed by atoms with E-state index in [0.717, 1.165) is 5.57 Å². The second-order valence-electron chi connectivity index (χ2n) is 5.55. The molecule has 2 aromatic rings. The summed E-state index contributed by atoms with van der Waals surface area (Å²) in [6, 6.07) is 8.93. The monoisotopic (exact) mass is 353 g/mol. The molecular formula is C19H19N3O4. The Morgan fingerprint density at radius 2 is 2.04 bits per heavy atom. The van der Waals surface area contributed by atoms with Gasteiger partial charge in [-0.3, -0.25) is 9.36 Å². The Balaban J connectivity index is 2.44. The van der Waals surface area contributed by atoms with Crippen molar-refractivity contribution >= 4 is 5.97 Å². The molecule has 0 fully saturated rings. The highest BCUT2D eigenvalue weighted by Gasteiger charge is 2.16. The van der Waals surface area contributed by atoms with Crippen LogP contribution in [0.15, 0.2) is 52.7 Å². The van der Waals surface area contributed by atoms with Crippen molar-refractivity contribution in [3.63, 3.8) is 0 Å². The van der Waals surface area contributed by atoms with Crippen LogP contribution in [0.1, 0.15) is 31.1 Å². The van der Waals surface area contributed by atoms with Gasteiger partial charge in [0.2, 0.25) is 0 Å². The van der Waals surface area contributed by atoms with Crippen LogP contribution in [0.2, 0.25) is 0 Å². The number of hydrogen-bond donors (Lipinski definition) is 0.